The van der Waals surface area contributed by atoms with Crippen molar-refractivity contribution >= 4 is 17.7 Å². The Kier molecular flexibility index (Phi) is 5.31. The smallest absolute Gasteiger partial charge is 0.313 e. The Balaban J connectivity index is 2.06. The van der Waals surface area contributed by atoms with E-state index in [9.17, 15) is 4.79 Å². The van der Waals surface area contributed by atoms with Crippen LogP contribution in [0.1, 0.15) is 44.7 Å². The molecule has 2 rings (SSSR count). The van der Waals surface area contributed by atoms with Crippen molar-refractivity contribution in [2.45, 2.75) is 57.1 Å². The van der Waals surface area contributed by atoms with Gasteiger partial charge in [-0.05, 0) is 25.2 Å². The van der Waals surface area contributed by atoms with E-state index in [-0.39, 0.29) is 5.75 Å². The molecular weight excluding hydrogens is 260 g/mol. The van der Waals surface area contributed by atoms with Gasteiger partial charge in [0.1, 0.15) is 0 Å². The van der Waals surface area contributed by atoms with Gasteiger partial charge >= 0.3 is 5.97 Å². The van der Waals surface area contributed by atoms with E-state index in [0.717, 1.165) is 24.0 Å². The van der Waals surface area contributed by atoms with Gasteiger partial charge in [0.25, 0.3) is 0 Å². The largest absolute Gasteiger partial charge is 0.481 e. The third kappa shape index (κ3) is 4.00. The molecule has 4 nitrogen and oxygen atoms in total. The lowest BCUT2D eigenvalue weighted by Crippen LogP contribution is -2.16. The highest BCUT2D eigenvalue weighted by atomic mass is 32.2. The summed E-state index contributed by atoms with van der Waals surface area (Å²) in [5.41, 5.74) is 1.22. The Morgan fingerprint density at radius 2 is 2.21 bits per heavy atom. The van der Waals surface area contributed by atoms with E-state index in [1.54, 1.807) is 0 Å². The molecule has 1 aromatic rings. The molecule has 19 heavy (non-hydrogen) atoms. The molecule has 0 radical (unpaired) electrons. The van der Waals surface area contributed by atoms with Crippen molar-refractivity contribution in [2.75, 3.05) is 5.75 Å². The second-order valence-corrected chi connectivity index (χ2v) is 6.13. The first-order valence-electron chi connectivity index (χ1n) is 7.09. The van der Waals surface area contributed by atoms with Crippen molar-refractivity contribution in [3.63, 3.8) is 0 Å². The SMILES string of the molecule is CCc1cnc(SCC(=O)O)n1CC1CCCCC1. The van der Waals surface area contributed by atoms with Gasteiger partial charge in [0, 0.05) is 18.4 Å². The summed E-state index contributed by atoms with van der Waals surface area (Å²) in [5, 5.41) is 9.66. The van der Waals surface area contributed by atoms with Gasteiger partial charge in [-0.25, -0.2) is 4.98 Å². The Bertz CT molecular complexity index is 425. The summed E-state index contributed by atoms with van der Waals surface area (Å²) in [7, 11) is 0. The van der Waals surface area contributed by atoms with Gasteiger partial charge in [0.15, 0.2) is 5.16 Å². The van der Waals surface area contributed by atoms with Crippen LogP contribution >= 0.6 is 11.8 Å². The fourth-order valence-corrected chi connectivity index (χ4v) is 3.47. The van der Waals surface area contributed by atoms with Crippen LogP contribution < -0.4 is 0 Å². The summed E-state index contributed by atoms with van der Waals surface area (Å²) in [4.78, 5) is 15.1. The number of hydrogen-bond acceptors (Lipinski definition) is 3. The maximum absolute atomic E-state index is 10.7. The lowest BCUT2D eigenvalue weighted by atomic mass is 9.89. The fourth-order valence-electron chi connectivity index (χ4n) is 2.74. The molecule has 0 saturated heterocycles. The average molecular weight is 282 g/mol. The summed E-state index contributed by atoms with van der Waals surface area (Å²) >= 11 is 1.33. The van der Waals surface area contributed by atoms with Gasteiger partial charge in [0.2, 0.25) is 0 Å². The number of rotatable bonds is 6. The molecule has 1 saturated carbocycles. The van der Waals surface area contributed by atoms with Gasteiger partial charge in [-0.2, -0.15) is 0 Å². The predicted octanol–water partition coefficient (Wildman–Crippen LogP) is 3.20. The van der Waals surface area contributed by atoms with Crippen molar-refractivity contribution in [1.82, 2.24) is 9.55 Å². The van der Waals surface area contributed by atoms with Gasteiger partial charge in [-0.3, -0.25) is 4.79 Å². The van der Waals surface area contributed by atoms with E-state index in [1.807, 2.05) is 6.20 Å². The zero-order chi connectivity index (χ0) is 13.7. The molecule has 0 aliphatic heterocycles. The lowest BCUT2D eigenvalue weighted by molar-refractivity contribution is -0.133. The van der Waals surface area contributed by atoms with Gasteiger partial charge < -0.3 is 9.67 Å². The molecule has 0 spiro atoms. The number of imidazole rings is 1. The van der Waals surface area contributed by atoms with Crippen molar-refractivity contribution in [1.29, 1.82) is 0 Å². The van der Waals surface area contributed by atoms with Crippen LogP contribution in [-0.2, 0) is 17.8 Å². The maximum Gasteiger partial charge on any atom is 0.313 e. The molecule has 1 aliphatic rings. The molecule has 5 heteroatoms. The van der Waals surface area contributed by atoms with Crippen LogP contribution in [0.3, 0.4) is 0 Å². The molecule has 0 bridgehead atoms. The van der Waals surface area contributed by atoms with E-state index >= 15 is 0 Å². The van der Waals surface area contributed by atoms with E-state index < -0.39 is 5.97 Å². The van der Waals surface area contributed by atoms with Crippen molar-refractivity contribution < 1.29 is 9.90 Å². The zero-order valence-corrected chi connectivity index (χ0v) is 12.3. The summed E-state index contributed by atoms with van der Waals surface area (Å²) < 4.78 is 2.24. The third-order valence-corrected chi connectivity index (χ3v) is 4.73. The molecule has 1 N–H and O–H groups in total. The van der Waals surface area contributed by atoms with E-state index in [1.165, 1.54) is 49.6 Å². The highest BCUT2D eigenvalue weighted by molar-refractivity contribution is 7.99. The topological polar surface area (TPSA) is 55.1 Å². The van der Waals surface area contributed by atoms with Crippen molar-refractivity contribution in [3.05, 3.63) is 11.9 Å². The number of carboxylic acid groups (broad SMARTS) is 1. The normalized spacial score (nSPS) is 16.7. The molecule has 0 atom stereocenters. The quantitative estimate of drug-likeness (QED) is 0.814. The second-order valence-electron chi connectivity index (χ2n) is 5.18. The predicted molar refractivity (Wildman–Crippen MR) is 76.5 cm³/mol. The van der Waals surface area contributed by atoms with Crippen LogP contribution in [0, 0.1) is 5.92 Å². The Hall–Kier alpha value is -0.970. The van der Waals surface area contributed by atoms with E-state index in [4.69, 9.17) is 5.11 Å². The van der Waals surface area contributed by atoms with Gasteiger partial charge in [-0.15, -0.1) is 0 Å². The summed E-state index contributed by atoms with van der Waals surface area (Å²) in [6.07, 6.45) is 9.47. The minimum absolute atomic E-state index is 0.0881. The number of thioether (sulfide) groups is 1. The molecule has 1 fully saturated rings. The summed E-state index contributed by atoms with van der Waals surface area (Å²) in [5.74, 6) is 0.0397. The second kappa shape index (κ2) is 6.98. The number of aliphatic carboxylic acids is 1. The van der Waals surface area contributed by atoms with Gasteiger partial charge in [0.05, 0.1) is 5.75 Å². The van der Waals surface area contributed by atoms with Crippen LogP contribution in [0.5, 0.6) is 0 Å². The summed E-state index contributed by atoms with van der Waals surface area (Å²) in [6, 6.07) is 0. The number of aromatic nitrogens is 2. The standard InChI is InChI=1S/C14H22N2O2S/c1-2-12-8-15-14(19-10-13(17)18)16(12)9-11-6-4-3-5-7-11/h8,11H,2-7,9-10H2,1H3,(H,17,18). The molecule has 1 heterocycles. The molecule has 0 aromatic carbocycles. The Morgan fingerprint density at radius 1 is 1.47 bits per heavy atom. The number of nitrogens with zero attached hydrogens (tertiary/aromatic N) is 2. The molecule has 0 unspecified atom stereocenters. The van der Waals surface area contributed by atoms with Crippen LogP contribution in [0.2, 0.25) is 0 Å². The third-order valence-electron chi connectivity index (χ3n) is 3.75. The Morgan fingerprint density at radius 3 is 2.84 bits per heavy atom. The van der Waals surface area contributed by atoms with Gasteiger partial charge in [-0.1, -0.05) is 37.9 Å². The number of carbonyl (C=O) groups is 1. The fraction of sp³-hybridized carbons (Fsp3) is 0.714. The molecule has 0 amide bonds. The van der Waals surface area contributed by atoms with Crippen LogP contribution in [0.4, 0.5) is 0 Å². The number of hydrogen-bond donors (Lipinski definition) is 1. The van der Waals surface area contributed by atoms with Crippen LogP contribution in [-0.4, -0.2) is 26.4 Å². The van der Waals surface area contributed by atoms with Crippen molar-refractivity contribution in [3.8, 4) is 0 Å². The van der Waals surface area contributed by atoms with Crippen LogP contribution in [0.25, 0.3) is 0 Å². The minimum atomic E-state index is -0.782. The lowest BCUT2D eigenvalue weighted by Gasteiger charge is -2.23. The van der Waals surface area contributed by atoms with Crippen molar-refractivity contribution in [2.24, 2.45) is 5.92 Å². The molecule has 1 aliphatic carbocycles. The first-order valence-corrected chi connectivity index (χ1v) is 8.08. The highest BCUT2D eigenvalue weighted by Gasteiger charge is 2.18. The summed E-state index contributed by atoms with van der Waals surface area (Å²) in [6.45, 7) is 3.13. The van der Waals surface area contributed by atoms with E-state index in [0.29, 0.717) is 0 Å². The minimum Gasteiger partial charge on any atom is -0.481 e. The first kappa shape index (κ1) is 14.4. The number of carboxylic acids is 1. The molecule has 1 aromatic heterocycles. The molecule has 106 valence electrons. The Labute approximate surface area is 118 Å². The maximum atomic E-state index is 10.7. The average Bonchev–Trinajstić information content (AvgIpc) is 2.80. The van der Waals surface area contributed by atoms with E-state index in [2.05, 4.69) is 16.5 Å². The zero-order valence-electron chi connectivity index (χ0n) is 11.5. The van der Waals surface area contributed by atoms with Crippen LogP contribution in [0.15, 0.2) is 11.4 Å². The number of aryl methyl sites for hydroxylation is 1. The highest BCUT2D eigenvalue weighted by Crippen LogP contribution is 2.28. The first-order chi connectivity index (χ1) is 9.20. The molecular formula is C14H22N2O2S. The monoisotopic (exact) mass is 282 g/mol.